The lowest BCUT2D eigenvalue weighted by Gasteiger charge is -2.35. The van der Waals surface area contributed by atoms with Gasteiger partial charge in [0.15, 0.2) is 11.6 Å². The molecule has 8 heteroatoms. The molecule has 1 aliphatic carbocycles. The second-order valence-electron chi connectivity index (χ2n) is 7.78. The van der Waals surface area contributed by atoms with Crippen molar-refractivity contribution in [2.45, 2.75) is 4.90 Å². The second kappa shape index (κ2) is 7.85. The fraction of sp³-hybridized carbons (Fsp3) is 0.167. The van der Waals surface area contributed by atoms with Crippen molar-refractivity contribution in [3.8, 4) is 0 Å². The lowest BCUT2D eigenvalue weighted by atomic mass is 9.84. The third kappa shape index (κ3) is 3.43. The Morgan fingerprint density at radius 2 is 1.25 bits per heavy atom. The summed E-state index contributed by atoms with van der Waals surface area (Å²) in [6.07, 6.45) is 0. The molecule has 5 rings (SSSR count). The topological polar surface area (TPSA) is 74.8 Å². The van der Waals surface area contributed by atoms with Crippen LogP contribution in [0.2, 0.25) is 5.02 Å². The average Bonchev–Trinajstić information content (AvgIpc) is 2.83. The maximum Gasteiger partial charge on any atom is 0.243 e. The highest BCUT2D eigenvalue weighted by molar-refractivity contribution is 7.89. The first-order valence-corrected chi connectivity index (χ1v) is 12.0. The maximum absolute atomic E-state index is 13.3. The van der Waals surface area contributed by atoms with Gasteiger partial charge in [-0.05, 0) is 42.5 Å². The third-order valence-electron chi connectivity index (χ3n) is 5.96. The highest BCUT2D eigenvalue weighted by Gasteiger charge is 2.33. The molecule has 0 N–H and O–H groups in total. The minimum atomic E-state index is -3.80. The number of piperazine rings is 1. The predicted octanol–water partition coefficient (Wildman–Crippen LogP) is 3.63. The van der Waals surface area contributed by atoms with Crippen molar-refractivity contribution in [1.82, 2.24) is 4.31 Å². The van der Waals surface area contributed by atoms with Crippen molar-refractivity contribution >= 4 is 38.9 Å². The first-order chi connectivity index (χ1) is 15.4. The number of sulfonamides is 1. The van der Waals surface area contributed by atoms with Gasteiger partial charge in [-0.15, -0.1) is 0 Å². The van der Waals surface area contributed by atoms with Gasteiger partial charge in [0.1, 0.15) is 0 Å². The Hall–Kier alpha value is -3.00. The van der Waals surface area contributed by atoms with Gasteiger partial charge in [-0.2, -0.15) is 4.31 Å². The Bertz CT molecular complexity index is 1340. The minimum absolute atomic E-state index is 0.0247. The zero-order valence-electron chi connectivity index (χ0n) is 17.0. The Morgan fingerprint density at radius 3 is 1.88 bits per heavy atom. The van der Waals surface area contributed by atoms with Gasteiger partial charge in [-0.3, -0.25) is 9.59 Å². The first-order valence-electron chi connectivity index (χ1n) is 10.2. The molecule has 1 fully saturated rings. The summed E-state index contributed by atoms with van der Waals surface area (Å²) in [5.74, 6) is -0.601. The van der Waals surface area contributed by atoms with Crippen molar-refractivity contribution < 1.29 is 18.0 Å². The van der Waals surface area contributed by atoms with E-state index in [0.717, 1.165) is 5.69 Å². The summed E-state index contributed by atoms with van der Waals surface area (Å²) in [5.41, 5.74) is 2.01. The van der Waals surface area contributed by atoms with E-state index in [1.165, 1.54) is 22.5 Å². The average molecular weight is 467 g/mol. The van der Waals surface area contributed by atoms with E-state index in [0.29, 0.717) is 42.3 Å². The van der Waals surface area contributed by atoms with Crippen LogP contribution in [0.3, 0.4) is 0 Å². The van der Waals surface area contributed by atoms with Gasteiger partial charge >= 0.3 is 0 Å². The number of ketones is 2. The Labute approximate surface area is 191 Å². The summed E-state index contributed by atoms with van der Waals surface area (Å²) in [6, 6.07) is 18.2. The molecule has 0 saturated carbocycles. The number of rotatable bonds is 3. The van der Waals surface area contributed by atoms with Crippen molar-refractivity contribution in [2.24, 2.45) is 0 Å². The molecule has 0 amide bonds. The lowest BCUT2D eigenvalue weighted by molar-refractivity contribution is 0.0979. The quantitative estimate of drug-likeness (QED) is 0.461. The summed E-state index contributed by atoms with van der Waals surface area (Å²) in [7, 11) is -3.80. The smallest absolute Gasteiger partial charge is 0.243 e. The number of carbonyl (C=O) groups is 2. The first kappa shape index (κ1) is 20.9. The van der Waals surface area contributed by atoms with E-state index in [9.17, 15) is 18.0 Å². The number of anilines is 1. The standard InChI is InChI=1S/C24H19ClN2O4S/c25-16-5-7-17(8-6-16)26-11-13-27(14-12-26)32(30,31)18-9-10-21-22(15-18)24(29)20-4-2-1-3-19(20)23(21)28/h1-10,15H,11-14H2. The maximum atomic E-state index is 13.3. The molecule has 3 aromatic rings. The van der Waals surface area contributed by atoms with Crippen LogP contribution in [0, 0.1) is 0 Å². The molecule has 162 valence electrons. The summed E-state index contributed by atoms with van der Waals surface area (Å²) in [6.45, 7) is 1.71. The largest absolute Gasteiger partial charge is 0.369 e. The summed E-state index contributed by atoms with van der Waals surface area (Å²) in [4.78, 5) is 27.9. The van der Waals surface area contributed by atoms with Crippen LogP contribution in [-0.2, 0) is 10.0 Å². The van der Waals surface area contributed by atoms with Gasteiger partial charge in [0.25, 0.3) is 0 Å². The number of hydrogen-bond donors (Lipinski definition) is 0. The predicted molar refractivity (Wildman–Crippen MR) is 122 cm³/mol. The molecule has 0 aromatic heterocycles. The van der Waals surface area contributed by atoms with Crippen molar-refractivity contribution in [2.75, 3.05) is 31.1 Å². The number of halogens is 1. The van der Waals surface area contributed by atoms with Gasteiger partial charge in [0.2, 0.25) is 10.0 Å². The van der Waals surface area contributed by atoms with Gasteiger partial charge in [-0.25, -0.2) is 8.42 Å². The molecular formula is C24H19ClN2O4S. The van der Waals surface area contributed by atoms with E-state index in [2.05, 4.69) is 4.90 Å². The Morgan fingerprint density at radius 1 is 0.688 bits per heavy atom. The number of hydrogen-bond acceptors (Lipinski definition) is 5. The van der Waals surface area contributed by atoms with Gasteiger partial charge < -0.3 is 4.90 Å². The molecule has 0 radical (unpaired) electrons. The SMILES string of the molecule is O=C1c2ccccc2C(=O)c2cc(S(=O)(=O)N3CCN(c4ccc(Cl)cc4)CC3)ccc21. The van der Waals surface area contributed by atoms with E-state index in [1.807, 2.05) is 24.3 Å². The lowest BCUT2D eigenvalue weighted by Crippen LogP contribution is -2.48. The van der Waals surface area contributed by atoms with Crippen LogP contribution in [0.25, 0.3) is 0 Å². The van der Waals surface area contributed by atoms with Gasteiger partial charge in [0, 0.05) is 59.1 Å². The van der Waals surface area contributed by atoms with Crippen molar-refractivity contribution in [1.29, 1.82) is 0 Å². The molecule has 2 aliphatic rings. The molecule has 0 unspecified atom stereocenters. The van der Waals surface area contributed by atoms with Crippen LogP contribution >= 0.6 is 11.6 Å². The van der Waals surface area contributed by atoms with Crippen LogP contribution < -0.4 is 4.90 Å². The monoisotopic (exact) mass is 466 g/mol. The fourth-order valence-corrected chi connectivity index (χ4v) is 5.80. The summed E-state index contributed by atoms with van der Waals surface area (Å²) >= 11 is 5.95. The number of benzene rings is 3. The van der Waals surface area contributed by atoms with E-state index in [4.69, 9.17) is 11.6 Å². The van der Waals surface area contributed by atoms with Crippen LogP contribution in [0.1, 0.15) is 31.8 Å². The molecule has 1 saturated heterocycles. The number of carbonyl (C=O) groups excluding carboxylic acids is 2. The number of fused-ring (bicyclic) bond motifs is 2. The molecule has 1 aliphatic heterocycles. The van der Waals surface area contributed by atoms with E-state index < -0.39 is 10.0 Å². The second-order valence-corrected chi connectivity index (χ2v) is 10.2. The Balaban J connectivity index is 1.40. The minimum Gasteiger partial charge on any atom is -0.369 e. The normalized spacial score (nSPS) is 16.6. The number of nitrogens with zero attached hydrogens (tertiary/aromatic N) is 2. The van der Waals surface area contributed by atoms with Crippen molar-refractivity contribution in [3.63, 3.8) is 0 Å². The molecule has 1 heterocycles. The molecule has 0 spiro atoms. The zero-order valence-corrected chi connectivity index (χ0v) is 18.6. The van der Waals surface area contributed by atoms with Crippen molar-refractivity contribution in [3.05, 3.63) is 94.0 Å². The van der Waals surface area contributed by atoms with E-state index in [1.54, 1.807) is 24.3 Å². The molecule has 6 nitrogen and oxygen atoms in total. The van der Waals surface area contributed by atoms with Gasteiger partial charge in [0.05, 0.1) is 4.90 Å². The van der Waals surface area contributed by atoms with E-state index in [-0.39, 0.29) is 27.6 Å². The van der Waals surface area contributed by atoms with Crippen LogP contribution in [-0.4, -0.2) is 50.5 Å². The molecule has 0 atom stereocenters. The fourth-order valence-electron chi connectivity index (χ4n) is 4.23. The van der Waals surface area contributed by atoms with Crippen LogP contribution in [0.15, 0.2) is 71.6 Å². The molecule has 32 heavy (non-hydrogen) atoms. The summed E-state index contributed by atoms with van der Waals surface area (Å²) in [5, 5.41) is 0.651. The molecular weight excluding hydrogens is 448 g/mol. The molecule has 3 aromatic carbocycles. The highest BCUT2D eigenvalue weighted by Crippen LogP contribution is 2.30. The zero-order chi connectivity index (χ0) is 22.5. The van der Waals surface area contributed by atoms with Crippen LogP contribution in [0.5, 0.6) is 0 Å². The van der Waals surface area contributed by atoms with Crippen LogP contribution in [0.4, 0.5) is 5.69 Å². The Kier molecular flexibility index (Phi) is 5.12. The highest BCUT2D eigenvalue weighted by atomic mass is 35.5. The van der Waals surface area contributed by atoms with E-state index >= 15 is 0 Å². The third-order valence-corrected chi connectivity index (χ3v) is 8.11. The summed E-state index contributed by atoms with van der Waals surface area (Å²) < 4.78 is 28.0. The molecule has 0 bridgehead atoms. The van der Waals surface area contributed by atoms with Gasteiger partial charge in [-0.1, -0.05) is 35.9 Å².